The number of phenols is 3. The van der Waals surface area contributed by atoms with Crippen LogP contribution in [0.4, 0.5) is 0 Å². The number of ketones is 1. The van der Waals surface area contributed by atoms with Crippen LogP contribution in [0.3, 0.4) is 0 Å². The summed E-state index contributed by atoms with van der Waals surface area (Å²) in [6, 6.07) is -1.05. The second-order valence-corrected chi connectivity index (χ2v) is 8.16. The van der Waals surface area contributed by atoms with Crippen molar-refractivity contribution in [2.24, 2.45) is 5.92 Å². The summed E-state index contributed by atoms with van der Waals surface area (Å²) in [5.74, 6) is -19.5. The minimum absolute atomic E-state index is 0.00915. The number of hydrogen-bond donors (Lipinski definition) is 12. The highest BCUT2D eigenvalue weighted by molar-refractivity contribution is 5.85. The van der Waals surface area contributed by atoms with Gasteiger partial charge in [0.1, 0.15) is 5.78 Å². The van der Waals surface area contributed by atoms with E-state index in [-0.39, 0.29) is 24.1 Å². The minimum atomic E-state index is -4.73. The Morgan fingerprint density at radius 2 is 1.42 bits per heavy atom. The molecule has 33 heavy (non-hydrogen) atoms. The van der Waals surface area contributed by atoms with Gasteiger partial charge < -0.3 is 66.0 Å². The lowest BCUT2D eigenvalue weighted by Gasteiger charge is -2.52. The normalized spacial score (nSPS) is 22.7. The molecule has 2 aliphatic heterocycles. The van der Waals surface area contributed by atoms with E-state index in [1.165, 1.54) is 4.90 Å². The first-order chi connectivity index (χ1) is 14.9. The van der Waals surface area contributed by atoms with Gasteiger partial charge in [0.25, 0.3) is 5.60 Å². The first-order valence-electron chi connectivity index (χ1n) is 9.53. The molecule has 1 aromatic rings. The van der Waals surface area contributed by atoms with Gasteiger partial charge in [-0.3, -0.25) is 9.69 Å². The van der Waals surface area contributed by atoms with Crippen molar-refractivity contribution in [1.82, 2.24) is 4.90 Å². The average Bonchev–Trinajstić information content (AvgIpc) is 2.68. The van der Waals surface area contributed by atoms with E-state index in [0.717, 1.165) is 7.11 Å². The maximum Gasteiger partial charge on any atom is 0.320 e. The van der Waals surface area contributed by atoms with Crippen LogP contribution in [0, 0.1) is 5.92 Å². The Bertz CT molecular complexity index is 949. The number of hydrogen-bond acceptors (Lipinski definition) is 15. The van der Waals surface area contributed by atoms with Crippen molar-refractivity contribution in [2.75, 3.05) is 20.2 Å². The summed E-state index contributed by atoms with van der Waals surface area (Å²) in [6.07, 6.45) is -0.690. The van der Waals surface area contributed by atoms with Crippen molar-refractivity contribution in [2.45, 2.75) is 42.2 Å². The van der Waals surface area contributed by atoms with E-state index >= 15 is 0 Å². The third-order valence-corrected chi connectivity index (χ3v) is 6.34. The number of aromatic hydroxyl groups is 3. The number of phenolic OH excluding ortho intramolecular Hbond substituents is 3. The number of nitrogens with zero attached hydrogens (tertiary/aromatic N) is 1. The Balaban J connectivity index is 2.06. The zero-order chi connectivity index (χ0) is 25.3. The molecule has 0 amide bonds. The number of methoxy groups -OCH3 is 1. The number of ether oxygens (including phenoxy) is 1. The minimum Gasteiger partial charge on any atom is -0.504 e. The monoisotopic (exact) mass is 479 g/mol. The third kappa shape index (κ3) is 3.41. The zero-order valence-corrected chi connectivity index (χ0v) is 17.1. The van der Waals surface area contributed by atoms with E-state index in [1.807, 2.05) is 0 Å². The number of fused-ring (bicyclic) bond motifs is 3. The number of carbonyl (C=O) groups is 1. The van der Waals surface area contributed by atoms with Gasteiger partial charge in [0.2, 0.25) is 17.3 Å². The second kappa shape index (κ2) is 7.60. The van der Waals surface area contributed by atoms with Gasteiger partial charge in [-0.05, 0) is 6.42 Å². The number of Topliss-reactive ketones (excluding diaryl/α,β-unsaturated/α-hetero) is 1. The summed E-state index contributed by atoms with van der Waals surface area (Å²) in [5, 5.41) is 118. The third-order valence-electron chi connectivity index (χ3n) is 6.34. The lowest BCUT2D eigenvalue weighted by atomic mass is 9.72. The molecule has 0 bridgehead atoms. The van der Waals surface area contributed by atoms with Crippen LogP contribution in [-0.2, 0) is 11.2 Å². The highest BCUT2D eigenvalue weighted by Gasteiger charge is 2.76. The summed E-state index contributed by atoms with van der Waals surface area (Å²) in [4.78, 5) is 14.2. The molecule has 2 aliphatic rings. The van der Waals surface area contributed by atoms with E-state index < -0.39 is 77.0 Å². The van der Waals surface area contributed by atoms with Crippen molar-refractivity contribution in [1.29, 1.82) is 0 Å². The van der Waals surface area contributed by atoms with Crippen LogP contribution in [0.15, 0.2) is 0 Å². The van der Waals surface area contributed by atoms with Gasteiger partial charge in [-0.1, -0.05) is 0 Å². The molecule has 186 valence electrons. The highest BCUT2D eigenvalue weighted by Crippen LogP contribution is 2.54. The summed E-state index contributed by atoms with van der Waals surface area (Å²) < 4.78 is 4.87. The zero-order valence-electron chi connectivity index (χ0n) is 17.1. The van der Waals surface area contributed by atoms with Gasteiger partial charge in [-0.25, -0.2) is 0 Å². The molecule has 2 unspecified atom stereocenters. The van der Waals surface area contributed by atoms with E-state index in [4.69, 9.17) is 4.74 Å². The predicted octanol–water partition coefficient (Wildman–Crippen LogP) is -5.03. The fourth-order valence-electron chi connectivity index (χ4n) is 4.60. The molecule has 1 saturated heterocycles. The molecule has 0 radical (unpaired) electrons. The first-order valence-corrected chi connectivity index (χ1v) is 9.53. The van der Waals surface area contributed by atoms with Crippen molar-refractivity contribution < 1.29 is 70.8 Å². The Kier molecular flexibility index (Phi) is 5.83. The molecule has 0 aromatic heterocycles. The van der Waals surface area contributed by atoms with Crippen LogP contribution in [0.1, 0.15) is 23.6 Å². The Morgan fingerprint density at radius 3 is 1.91 bits per heavy atom. The fraction of sp³-hybridized carbons (Fsp3) is 0.611. The van der Waals surface area contributed by atoms with Crippen LogP contribution < -0.4 is 4.74 Å². The molecule has 1 aromatic carbocycles. The molecule has 0 spiro atoms. The molecule has 3 rings (SSSR count). The Morgan fingerprint density at radius 1 is 0.879 bits per heavy atom. The van der Waals surface area contributed by atoms with Gasteiger partial charge in [0.15, 0.2) is 11.5 Å². The largest absolute Gasteiger partial charge is 0.504 e. The molecule has 1 fully saturated rings. The molecular formula is C18H25NO14. The van der Waals surface area contributed by atoms with Crippen molar-refractivity contribution >= 4 is 5.78 Å². The van der Waals surface area contributed by atoms with Crippen molar-refractivity contribution in [3.8, 4) is 23.0 Å². The number of carbonyl (C=O) groups excluding carboxylic acids is 1. The number of rotatable bonds is 5. The van der Waals surface area contributed by atoms with Gasteiger partial charge in [0.05, 0.1) is 13.0 Å². The standard InChI is InChI=1S/C18H25NO14/c1-33-14-11(21)6-2-3-19-5-7(9(20)4-8(19)10(6)12(22)13(14)23)15(24,25)16(26,17(27,28)29)18(30,31)32/h7-8,21-32H,2-5H2,1H3. The number of piperidine rings is 1. The smallest absolute Gasteiger partial charge is 0.320 e. The molecular weight excluding hydrogens is 454 g/mol. The van der Waals surface area contributed by atoms with Gasteiger partial charge in [0, 0.05) is 36.7 Å². The number of aliphatic hydroxyl groups is 9. The van der Waals surface area contributed by atoms with Crippen LogP contribution in [0.5, 0.6) is 23.0 Å². The van der Waals surface area contributed by atoms with Crippen LogP contribution in [-0.4, -0.2) is 115 Å². The summed E-state index contributed by atoms with van der Waals surface area (Å²) in [6.45, 7) is -0.751. The molecule has 2 atom stereocenters. The average molecular weight is 479 g/mol. The summed E-state index contributed by atoms with van der Waals surface area (Å²) in [7, 11) is 1.14. The van der Waals surface area contributed by atoms with Crippen molar-refractivity contribution in [3.05, 3.63) is 11.1 Å². The Hall–Kier alpha value is -2.31. The summed E-state index contributed by atoms with van der Waals surface area (Å²) in [5.41, 5.74) is -4.63. The SMILES string of the molecule is COc1c(O)c(O)c2c(c1O)CCN1CC(C(O)(O)C(O)(C(O)(O)O)C(O)(O)O)C(=O)CC21. The van der Waals surface area contributed by atoms with Crippen molar-refractivity contribution in [3.63, 3.8) is 0 Å². The second-order valence-electron chi connectivity index (χ2n) is 8.16. The summed E-state index contributed by atoms with van der Waals surface area (Å²) >= 11 is 0. The van der Waals surface area contributed by atoms with E-state index in [0.29, 0.717) is 0 Å². The van der Waals surface area contributed by atoms with Gasteiger partial charge in [-0.15, -0.1) is 0 Å². The molecule has 0 aliphatic carbocycles. The van der Waals surface area contributed by atoms with E-state index in [1.54, 1.807) is 0 Å². The molecule has 0 saturated carbocycles. The molecule has 15 heteroatoms. The predicted molar refractivity (Wildman–Crippen MR) is 100 cm³/mol. The fourth-order valence-corrected chi connectivity index (χ4v) is 4.60. The Labute approximate surface area is 184 Å². The quantitative estimate of drug-likeness (QED) is 0.107. The maximum absolute atomic E-state index is 12.8. The lowest BCUT2D eigenvalue weighted by molar-refractivity contribution is -0.545. The topological polar surface area (TPSA) is 272 Å². The lowest BCUT2D eigenvalue weighted by Crippen LogP contribution is -2.81. The molecule has 12 N–H and O–H groups in total. The van der Waals surface area contributed by atoms with Crippen LogP contribution >= 0.6 is 0 Å². The highest BCUT2D eigenvalue weighted by atomic mass is 16.8. The molecule has 15 nitrogen and oxygen atoms in total. The van der Waals surface area contributed by atoms with Gasteiger partial charge in [-0.2, -0.15) is 0 Å². The van der Waals surface area contributed by atoms with E-state index in [9.17, 15) is 66.1 Å². The van der Waals surface area contributed by atoms with E-state index in [2.05, 4.69) is 0 Å². The first kappa shape index (κ1) is 25.3. The molecule has 2 heterocycles. The maximum atomic E-state index is 12.8. The van der Waals surface area contributed by atoms with Crippen LogP contribution in [0.25, 0.3) is 0 Å². The van der Waals surface area contributed by atoms with Gasteiger partial charge >= 0.3 is 11.9 Å². The number of benzene rings is 1. The van der Waals surface area contributed by atoms with Crippen LogP contribution in [0.2, 0.25) is 0 Å².